The van der Waals surface area contributed by atoms with Crippen LogP contribution >= 0.6 is 0 Å². The van der Waals surface area contributed by atoms with Gasteiger partial charge < -0.3 is 19.9 Å². The van der Waals surface area contributed by atoms with Crippen LogP contribution in [0.1, 0.15) is 28.0 Å². The van der Waals surface area contributed by atoms with Crippen LogP contribution in [0.15, 0.2) is 60.8 Å². The monoisotopic (exact) mass is 478 g/mol. The second kappa shape index (κ2) is 10.3. The molecule has 0 atom stereocenters. The largest absolute Gasteiger partial charge is 0.464 e. The van der Waals surface area contributed by atoms with Crippen molar-refractivity contribution in [2.24, 2.45) is 7.05 Å². The van der Waals surface area contributed by atoms with Gasteiger partial charge in [0.25, 0.3) is 0 Å². The van der Waals surface area contributed by atoms with E-state index in [-0.39, 0.29) is 35.8 Å². The molecule has 0 aliphatic rings. The first-order chi connectivity index (χ1) is 16.9. The van der Waals surface area contributed by atoms with E-state index >= 15 is 0 Å². The number of nitrogens with zero attached hydrogens (tertiary/aromatic N) is 2. The summed E-state index contributed by atoms with van der Waals surface area (Å²) in [6.07, 6.45) is 2.27. The highest BCUT2D eigenvalue weighted by atomic mass is 19.1. The maximum absolute atomic E-state index is 14.0. The van der Waals surface area contributed by atoms with Crippen molar-refractivity contribution in [1.82, 2.24) is 9.55 Å². The molecule has 0 unspecified atom stereocenters. The summed E-state index contributed by atoms with van der Waals surface area (Å²) in [6.45, 7) is 0.0201. The van der Waals surface area contributed by atoms with Crippen LogP contribution in [0.4, 0.5) is 20.2 Å². The molecule has 0 fully saturated rings. The van der Waals surface area contributed by atoms with Crippen LogP contribution < -0.4 is 10.6 Å². The normalized spacial score (nSPS) is 10.9. The van der Waals surface area contributed by atoms with Gasteiger partial charge in [0, 0.05) is 31.0 Å². The first-order valence-corrected chi connectivity index (χ1v) is 11.0. The molecule has 0 aliphatic carbocycles. The molecule has 7 nitrogen and oxygen atoms in total. The van der Waals surface area contributed by atoms with Crippen LogP contribution in [0.5, 0.6) is 0 Å². The van der Waals surface area contributed by atoms with Crippen molar-refractivity contribution >= 4 is 34.3 Å². The summed E-state index contributed by atoms with van der Waals surface area (Å²) in [5.41, 5.74) is 2.56. The summed E-state index contributed by atoms with van der Waals surface area (Å²) in [4.78, 5) is 29.7. The standard InChI is InChI=1S/C26H24F2N4O3/c1-32-24(26(34)35-2)23(31-22(33)11-8-16-6-4-3-5-7-16)20-13-19(15-30-25(20)32)29-14-17-12-18(27)9-10-21(17)28/h3-7,9-10,12-13,15,29H,8,11,14H2,1-2H3,(H,31,33). The van der Waals surface area contributed by atoms with Crippen LogP contribution in [0.25, 0.3) is 11.0 Å². The Morgan fingerprint density at radius 2 is 1.86 bits per heavy atom. The third-order valence-corrected chi connectivity index (χ3v) is 5.64. The van der Waals surface area contributed by atoms with Crippen molar-refractivity contribution in [3.8, 4) is 0 Å². The molecule has 0 saturated heterocycles. The van der Waals surface area contributed by atoms with E-state index in [4.69, 9.17) is 4.74 Å². The molecule has 2 N–H and O–H groups in total. The third-order valence-electron chi connectivity index (χ3n) is 5.64. The fraction of sp³-hybridized carbons (Fsp3) is 0.192. The Bertz CT molecular complexity index is 1390. The van der Waals surface area contributed by atoms with E-state index in [1.54, 1.807) is 17.7 Å². The molecule has 2 aromatic heterocycles. The number of aromatic nitrogens is 2. The molecule has 0 radical (unpaired) electrons. The number of carbonyl (C=O) groups excluding carboxylic acids is 2. The molecular formula is C26H24F2N4O3. The number of ether oxygens (including phenoxy) is 1. The second-order valence-corrected chi connectivity index (χ2v) is 7.99. The molecule has 1 amide bonds. The molecule has 0 spiro atoms. The Morgan fingerprint density at radius 3 is 2.60 bits per heavy atom. The van der Waals surface area contributed by atoms with Crippen LogP contribution in [0, 0.1) is 11.6 Å². The van der Waals surface area contributed by atoms with E-state index in [0.717, 1.165) is 23.8 Å². The number of hydrogen-bond donors (Lipinski definition) is 2. The molecule has 4 aromatic rings. The summed E-state index contributed by atoms with van der Waals surface area (Å²) >= 11 is 0. The van der Waals surface area contributed by atoms with E-state index in [1.807, 2.05) is 30.3 Å². The lowest BCUT2D eigenvalue weighted by molar-refractivity contribution is -0.116. The lowest BCUT2D eigenvalue weighted by Gasteiger charge is -2.09. The molecule has 35 heavy (non-hydrogen) atoms. The van der Waals surface area contributed by atoms with Gasteiger partial charge in [0.2, 0.25) is 5.91 Å². The smallest absolute Gasteiger partial charge is 0.356 e. The number of anilines is 2. The zero-order chi connectivity index (χ0) is 24.9. The van der Waals surface area contributed by atoms with E-state index in [0.29, 0.717) is 23.1 Å². The van der Waals surface area contributed by atoms with Crippen molar-refractivity contribution in [3.05, 3.63) is 89.2 Å². The third kappa shape index (κ3) is 5.29. The Balaban J connectivity index is 1.62. The number of amides is 1. The predicted octanol–water partition coefficient (Wildman–Crippen LogP) is 4.82. The van der Waals surface area contributed by atoms with Gasteiger partial charge in [-0.1, -0.05) is 30.3 Å². The number of rotatable bonds is 8. The molecule has 0 saturated carbocycles. The number of pyridine rings is 1. The fourth-order valence-corrected chi connectivity index (χ4v) is 3.85. The van der Waals surface area contributed by atoms with Crippen molar-refractivity contribution in [1.29, 1.82) is 0 Å². The van der Waals surface area contributed by atoms with Gasteiger partial charge >= 0.3 is 5.97 Å². The lowest BCUT2D eigenvalue weighted by Crippen LogP contribution is -2.16. The summed E-state index contributed by atoms with van der Waals surface area (Å²) < 4.78 is 33.9. The average Bonchev–Trinajstić information content (AvgIpc) is 3.14. The fourth-order valence-electron chi connectivity index (χ4n) is 3.85. The van der Waals surface area contributed by atoms with Crippen molar-refractivity contribution in [2.75, 3.05) is 17.7 Å². The van der Waals surface area contributed by atoms with Gasteiger partial charge in [-0.3, -0.25) is 4.79 Å². The Morgan fingerprint density at radius 1 is 1.09 bits per heavy atom. The van der Waals surface area contributed by atoms with Crippen LogP contribution in [0.3, 0.4) is 0 Å². The van der Waals surface area contributed by atoms with E-state index in [1.165, 1.54) is 13.3 Å². The summed E-state index contributed by atoms with van der Waals surface area (Å²) in [7, 11) is 2.91. The zero-order valence-electron chi connectivity index (χ0n) is 19.3. The van der Waals surface area contributed by atoms with Crippen LogP contribution in [-0.2, 0) is 29.5 Å². The van der Waals surface area contributed by atoms with Gasteiger partial charge in [-0.05, 0) is 36.2 Å². The van der Waals surface area contributed by atoms with Gasteiger partial charge in [0.05, 0.1) is 24.7 Å². The second-order valence-electron chi connectivity index (χ2n) is 7.99. The van der Waals surface area contributed by atoms with E-state index < -0.39 is 17.6 Å². The molecule has 2 aromatic carbocycles. The first kappa shape index (κ1) is 23.9. The highest BCUT2D eigenvalue weighted by Gasteiger charge is 2.24. The molecule has 0 bridgehead atoms. The molecular weight excluding hydrogens is 454 g/mol. The highest BCUT2D eigenvalue weighted by molar-refractivity contribution is 6.11. The number of aryl methyl sites for hydroxylation is 2. The van der Waals surface area contributed by atoms with Crippen LogP contribution in [0.2, 0.25) is 0 Å². The van der Waals surface area contributed by atoms with Crippen LogP contribution in [-0.4, -0.2) is 28.5 Å². The number of methoxy groups -OCH3 is 1. The minimum Gasteiger partial charge on any atom is -0.464 e. The average molecular weight is 478 g/mol. The maximum atomic E-state index is 14.0. The lowest BCUT2D eigenvalue weighted by atomic mass is 10.1. The van der Waals surface area contributed by atoms with Gasteiger partial charge in [-0.25, -0.2) is 18.6 Å². The first-order valence-electron chi connectivity index (χ1n) is 11.0. The molecule has 9 heteroatoms. The minimum atomic E-state index is -0.625. The minimum absolute atomic E-state index is 0.0201. The Hall–Kier alpha value is -4.27. The molecule has 0 aliphatic heterocycles. The summed E-state index contributed by atoms with van der Waals surface area (Å²) in [5.74, 6) is -1.97. The topological polar surface area (TPSA) is 85.2 Å². The quantitative estimate of drug-likeness (QED) is 0.355. The van der Waals surface area contributed by atoms with Gasteiger partial charge in [-0.15, -0.1) is 0 Å². The molecule has 180 valence electrons. The number of benzene rings is 2. The SMILES string of the molecule is COC(=O)c1c(NC(=O)CCc2ccccc2)c2cc(NCc3cc(F)ccc3F)cnc2n1C. The van der Waals surface area contributed by atoms with E-state index in [2.05, 4.69) is 15.6 Å². The number of esters is 1. The highest BCUT2D eigenvalue weighted by Crippen LogP contribution is 2.32. The van der Waals surface area contributed by atoms with E-state index in [9.17, 15) is 18.4 Å². The predicted molar refractivity (Wildman–Crippen MR) is 129 cm³/mol. The summed E-state index contributed by atoms with van der Waals surface area (Å²) in [5, 5.41) is 6.36. The number of carbonyl (C=O) groups is 2. The van der Waals surface area contributed by atoms with Crippen molar-refractivity contribution < 1.29 is 23.1 Å². The molecule has 2 heterocycles. The van der Waals surface area contributed by atoms with Gasteiger partial charge in [0.15, 0.2) is 5.69 Å². The number of fused-ring (bicyclic) bond motifs is 1. The Labute approximate surface area is 200 Å². The van der Waals surface area contributed by atoms with Crippen molar-refractivity contribution in [3.63, 3.8) is 0 Å². The Kier molecular flexibility index (Phi) is 7.05. The number of nitrogens with one attached hydrogen (secondary N) is 2. The zero-order valence-corrected chi connectivity index (χ0v) is 19.3. The maximum Gasteiger partial charge on any atom is 0.356 e. The number of hydrogen-bond acceptors (Lipinski definition) is 5. The number of halogens is 2. The van der Waals surface area contributed by atoms with Gasteiger partial charge in [0.1, 0.15) is 17.3 Å². The summed E-state index contributed by atoms with van der Waals surface area (Å²) in [6, 6.07) is 14.5. The van der Waals surface area contributed by atoms with Gasteiger partial charge in [-0.2, -0.15) is 0 Å². The molecule has 4 rings (SSSR count). The van der Waals surface area contributed by atoms with Crippen molar-refractivity contribution in [2.45, 2.75) is 19.4 Å².